The summed E-state index contributed by atoms with van der Waals surface area (Å²) in [5.41, 5.74) is 0.462. The Kier molecular flexibility index (Phi) is 19.8. The van der Waals surface area contributed by atoms with Crippen molar-refractivity contribution in [1.82, 2.24) is 4.90 Å². The zero-order chi connectivity index (χ0) is 37.8. The van der Waals surface area contributed by atoms with Crippen molar-refractivity contribution >= 4 is 31.0 Å². The summed E-state index contributed by atoms with van der Waals surface area (Å²) < 4.78 is 54.7. The van der Waals surface area contributed by atoms with Crippen LogP contribution in [0.5, 0.6) is 5.75 Å². The monoisotopic (exact) mass is 764 g/mol. The van der Waals surface area contributed by atoms with E-state index in [2.05, 4.69) is 5.32 Å². The lowest BCUT2D eigenvalue weighted by Crippen LogP contribution is -2.59. The first kappa shape index (κ1) is 43.5. The summed E-state index contributed by atoms with van der Waals surface area (Å²) in [6.45, 7) is 4.30. The molecule has 0 radical (unpaired) electrons. The van der Waals surface area contributed by atoms with Crippen molar-refractivity contribution < 1.29 is 81.9 Å². The highest BCUT2D eigenvalue weighted by atomic mass is 31.2. The third kappa shape index (κ3) is 16.9. The number of nitrogens with one attached hydrogen (secondary N) is 1. The summed E-state index contributed by atoms with van der Waals surface area (Å²) in [6, 6.07) is 6.07. The van der Waals surface area contributed by atoms with Gasteiger partial charge in [-0.1, -0.05) is 0 Å². The van der Waals surface area contributed by atoms with Crippen LogP contribution >= 0.6 is 7.60 Å². The van der Waals surface area contributed by atoms with Crippen molar-refractivity contribution in [2.24, 2.45) is 0 Å². The van der Waals surface area contributed by atoms with Gasteiger partial charge in [0.2, 0.25) is 12.2 Å². The SMILES string of the molecule is O=C(CCOCCOCCOCCOCCOCCOCCN1C(=O)C=CC1=O)Nc1ccc(O[C@H]2O[C@H](CCP(=O)(O)O)[C@@H](O)[C@H](O)[C@@H]2O)cc1. The second-order valence-corrected chi connectivity index (χ2v) is 13.2. The summed E-state index contributed by atoms with van der Waals surface area (Å²) in [5.74, 6) is -0.738. The van der Waals surface area contributed by atoms with Crippen molar-refractivity contribution in [2.45, 2.75) is 43.5 Å². The predicted octanol–water partition coefficient (Wildman–Crippen LogP) is -1.21. The van der Waals surface area contributed by atoms with E-state index in [4.69, 9.17) is 47.7 Å². The number of hydrogen-bond acceptors (Lipinski definition) is 15. The van der Waals surface area contributed by atoms with E-state index in [-0.39, 0.29) is 56.1 Å². The average molecular weight is 765 g/mol. The molecule has 0 aromatic heterocycles. The largest absolute Gasteiger partial charge is 0.462 e. The molecular formula is C32H49N2O17P. The van der Waals surface area contributed by atoms with Crippen LogP contribution in [0.4, 0.5) is 5.69 Å². The number of carbonyl (C=O) groups excluding carboxylic acids is 3. The van der Waals surface area contributed by atoms with Crippen LogP contribution in [0.15, 0.2) is 36.4 Å². The Morgan fingerprint density at radius 1 is 0.712 bits per heavy atom. The van der Waals surface area contributed by atoms with Gasteiger partial charge in [0.1, 0.15) is 24.1 Å². The molecule has 1 aromatic rings. The predicted molar refractivity (Wildman–Crippen MR) is 179 cm³/mol. The van der Waals surface area contributed by atoms with Crippen LogP contribution in [0, 0.1) is 0 Å². The van der Waals surface area contributed by atoms with Crippen LogP contribution in [0.2, 0.25) is 0 Å². The van der Waals surface area contributed by atoms with Crippen molar-refractivity contribution in [2.75, 3.05) is 97.3 Å². The highest BCUT2D eigenvalue weighted by Crippen LogP contribution is 2.37. The van der Waals surface area contributed by atoms with E-state index < -0.39 is 44.5 Å². The first-order chi connectivity index (χ1) is 24.9. The van der Waals surface area contributed by atoms with E-state index in [0.29, 0.717) is 71.8 Å². The highest BCUT2D eigenvalue weighted by molar-refractivity contribution is 7.51. The number of anilines is 1. The summed E-state index contributed by atoms with van der Waals surface area (Å²) in [6.07, 6.45) is -5.71. The van der Waals surface area contributed by atoms with Gasteiger partial charge >= 0.3 is 7.60 Å². The van der Waals surface area contributed by atoms with Gasteiger partial charge in [-0.3, -0.25) is 23.8 Å². The number of rotatable bonds is 27. The molecule has 20 heteroatoms. The first-order valence-electron chi connectivity index (χ1n) is 16.8. The minimum absolute atomic E-state index is 0.0990. The molecular weight excluding hydrogens is 715 g/mol. The van der Waals surface area contributed by atoms with Gasteiger partial charge in [0, 0.05) is 17.8 Å². The Morgan fingerprint density at radius 2 is 1.19 bits per heavy atom. The average Bonchev–Trinajstić information content (AvgIpc) is 3.43. The molecule has 294 valence electrons. The number of ether oxygens (including phenoxy) is 8. The molecule has 2 aliphatic rings. The molecule has 0 saturated carbocycles. The number of benzene rings is 1. The molecule has 0 unspecified atom stereocenters. The van der Waals surface area contributed by atoms with Gasteiger partial charge in [0.05, 0.1) is 105 Å². The van der Waals surface area contributed by atoms with E-state index in [0.717, 1.165) is 4.90 Å². The quantitative estimate of drug-likeness (QED) is 0.0349. The standard InChI is InChI=1S/C32H49N2O17P/c35-26(33-23-1-3-24(4-2-23)50-32-31(40)30(39)29(38)25(51-32)8-22-52(41,42)43)7-10-44-12-14-46-16-18-48-20-21-49-19-17-47-15-13-45-11-9-34-27(36)5-6-28(34)37/h1-6,25,29-32,38-40H,7-22H2,(H,33,35)(H2,41,42,43)/t25-,29-,30+,31+,32+/m1/s1. The molecule has 52 heavy (non-hydrogen) atoms. The van der Waals surface area contributed by atoms with E-state index in [1.54, 1.807) is 12.1 Å². The minimum atomic E-state index is -4.37. The lowest BCUT2D eigenvalue weighted by molar-refractivity contribution is -0.272. The van der Waals surface area contributed by atoms with Crippen molar-refractivity contribution in [3.8, 4) is 5.75 Å². The summed E-state index contributed by atoms with van der Waals surface area (Å²) in [7, 11) is -4.37. The number of aliphatic hydroxyl groups excluding tert-OH is 3. The molecule has 0 spiro atoms. The molecule has 3 rings (SSSR count). The molecule has 1 aromatic carbocycles. The van der Waals surface area contributed by atoms with Gasteiger partial charge in [-0.05, 0) is 30.7 Å². The number of carbonyl (C=O) groups is 3. The smallest absolute Gasteiger partial charge is 0.325 e. The van der Waals surface area contributed by atoms with Gasteiger partial charge in [-0.15, -0.1) is 0 Å². The molecule has 0 aliphatic carbocycles. The lowest BCUT2D eigenvalue weighted by atomic mass is 9.97. The number of amides is 3. The van der Waals surface area contributed by atoms with Crippen LogP contribution in [0.3, 0.4) is 0 Å². The first-order valence-corrected chi connectivity index (χ1v) is 18.5. The minimum Gasteiger partial charge on any atom is -0.462 e. The molecule has 1 fully saturated rings. The third-order valence-corrected chi connectivity index (χ3v) is 8.30. The topological polar surface area (TPSA) is 259 Å². The maximum absolute atomic E-state index is 12.3. The lowest BCUT2D eigenvalue weighted by Gasteiger charge is -2.40. The fraction of sp³-hybridized carbons (Fsp3) is 0.656. The van der Waals surface area contributed by atoms with Crippen molar-refractivity contribution in [3.63, 3.8) is 0 Å². The van der Waals surface area contributed by atoms with E-state index in [1.807, 2.05) is 0 Å². The van der Waals surface area contributed by atoms with Crippen LogP contribution in [0.25, 0.3) is 0 Å². The number of nitrogens with zero attached hydrogens (tertiary/aromatic N) is 1. The normalized spacial score (nSPS) is 21.9. The number of aliphatic hydroxyl groups is 3. The molecule has 5 atom stereocenters. The Morgan fingerprint density at radius 3 is 1.69 bits per heavy atom. The maximum atomic E-state index is 12.3. The number of imide groups is 1. The highest BCUT2D eigenvalue weighted by Gasteiger charge is 2.45. The van der Waals surface area contributed by atoms with Crippen LogP contribution in [-0.4, -0.2) is 170 Å². The van der Waals surface area contributed by atoms with Gasteiger partial charge in [-0.25, -0.2) is 0 Å². The maximum Gasteiger partial charge on any atom is 0.325 e. The van der Waals surface area contributed by atoms with Crippen molar-refractivity contribution in [3.05, 3.63) is 36.4 Å². The molecule has 2 heterocycles. The summed E-state index contributed by atoms with van der Waals surface area (Å²) in [5, 5.41) is 33.2. The van der Waals surface area contributed by atoms with E-state index in [1.165, 1.54) is 24.3 Å². The van der Waals surface area contributed by atoms with Gasteiger partial charge < -0.3 is 68.3 Å². The third-order valence-electron chi connectivity index (χ3n) is 7.46. The fourth-order valence-electron chi connectivity index (χ4n) is 4.70. The summed E-state index contributed by atoms with van der Waals surface area (Å²) in [4.78, 5) is 54.4. The van der Waals surface area contributed by atoms with Gasteiger partial charge in [0.25, 0.3) is 11.8 Å². The second kappa shape index (κ2) is 23.7. The van der Waals surface area contributed by atoms with E-state index >= 15 is 0 Å². The molecule has 3 amide bonds. The molecule has 0 bridgehead atoms. The molecule has 19 nitrogen and oxygen atoms in total. The fourth-order valence-corrected chi connectivity index (χ4v) is 5.29. The van der Waals surface area contributed by atoms with Crippen LogP contribution in [-0.2, 0) is 52.1 Å². The Bertz CT molecular complexity index is 1280. The Balaban J connectivity index is 1.10. The molecule has 6 N–H and O–H groups in total. The Labute approximate surface area is 300 Å². The Hall–Kier alpha value is -2.88. The number of hydrogen-bond donors (Lipinski definition) is 6. The zero-order valence-corrected chi connectivity index (χ0v) is 29.6. The zero-order valence-electron chi connectivity index (χ0n) is 28.7. The van der Waals surface area contributed by atoms with Crippen LogP contribution < -0.4 is 10.1 Å². The second-order valence-electron chi connectivity index (χ2n) is 11.5. The van der Waals surface area contributed by atoms with Gasteiger partial charge in [-0.2, -0.15) is 0 Å². The molecule has 2 aliphatic heterocycles. The van der Waals surface area contributed by atoms with Gasteiger partial charge in [0.15, 0.2) is 0 Å². The van der Waals surface area contributed by atoms with Crippen LogP contribution in [0.1, 0.15) is 12.8 Å². The van der Waals surface area contributed by atoms with Crippen molar-refractivity contribution in [1.29, 1.82) is 0 Å². The summed E-state index contributed by atoms with van der Waals surface area (Å²) >= 11 is 0. The molecule has 1 saturated heterocycles. The van der Waals surface area contributed by atoms with E-state index in [9.17, 15) is 34.3 Å².